The van der Waals surface area contributed by atoms with Crippen molar-refractivity contribution in [2.24, 2.45) is 0 Å². The molecule has 2 heterocycles. The highest BCUT2D eigenvalue weighted by Crippen LogP contribution is 2.35. The van der Waals surface area contributed by atoms with E-state index in [2.05, 4.69) is 28.1 Å². The molecule has 0 unspecified atom stereocenters. The largest absolute Gasteiger partial charge is 0.364 e. The smallest absolute Gasteiger partial charge is 0.153 e. The monoisotopic (exact) mass is 340 g/mol. The molecule has 0 radical (unpaired) electrons. The molecule has 1 aromatic heterocycles. The van der Waals surface area contributed by atoms with Gasteiger partial charge in [0, 0.05) is 28.8 Å². The molecule has 1 aromatic carbocycles. The number of aromatic nitrogens is 1. The Labute approximate surface area is 133 Å². The Morgan fingerprint density at radius 1 is 1.33 bits per heavy atom. The van der Waals surface area contributed by atoms with E-state index in [0.717, 1.165) is 24.5 Å². The fraction of sp³-hybridized carbons (Fsp3) is 0.357. The van der Waals surface area contributed by atoms with E-state index in [4.69, 9.17) is 0 Å². The minimum Gasteiger partial charge on any atom is -0.364 e. The van der Waals surface area contributed by atoms with E-state index in [-0.39, 0.29) is 5.75 Å². The molecule has 0 N–H and O–H groups in total. The molecule has 0 fully saturated rings. The third-order valence-electron chi connectivity index (χ3n) is 3.16. The lowest BCUT2D eigenvalue weighted by Gasteiger charge is -2.30. The Balaban J connectivity index is 1.76. The van der Waals surface area contributed by atoms with Crippen LogP contribution in [0.5, 0.6) is 0 Å². The Bertz CT molecular complexity index is 740. The van der Waals surface area contributed by atoms with E-state index in [9.17, 15) is 8.42 Å². The quantitative estimate of drug-likeness (QED) is 0.856. The molecule has 0 aliphatic carbocycles. The van der Waals surface area contributed by atoms with Gasteiger partial charge < -0.3 is 4.90 Å². The van der Waals surface area contributed by atoms with Crippen LogP contribution in [0.2, 0.25) is 0 Å². The van der Waals surface area contributed by atoms with Crippen LogP contribution in [0.4, 0.5) is 5.69 Å². The molecule has 0 saturated carbocycles. The number of sulfone groups is 1. The average molecular weight is 340 g/mol. The standard InChI is InChI=1S/C14H16N2O2S3/c1-21(17,18)10-14-15-11(9-20-14)8-16-6-7-19-13-5-3-2-4-12(13)16/h2-5,9H,6-8,10H2,1H3. The molecule has 0 bridgehead atoms. The summed E-state index contributed by atoms with van der Waals surface area (Å²) in [6.45, 7) is 1.72. The molecule has 2 aromatic rings. The van der Waals surface area contributed by atoms with E-state index >= 15 is 0 Å². The summed E-state index contributed by atoms with van der Waals surface area (Å²) in [5, 5.41) is 2.64. The fourth-order valence-electron chi connectivity index (χ4n) is 2.30. The molecule has 4 nitrogen and oxygen atoms in total. The highest BCUT2D eigenvalue weighted by molar-refractivity contribution is 7.99. The van der Waals surface area contributed by atoms with Gasteiger partial charge >= 0.3 is 0 Å². The number of hydrogen-bond acceptors (Lipinski definition) is 6. The molecule has 3 rings (SSSR count). The first-order valence-electron chi connectivity index (χ1n) is 6.59. The van der Waals surface area contributed by atoms with Gasteiger partial charge in [-0.3, -0.25) is 0 Å². The number of fused-ring (bicyclic) bond motifs is 1. The summed E-state index contributed by atoms with van der Waals surface area (Å²) in [6, 6.07) is 8.38. The molecule has 1 aliphatic rings. The molecule has 0 spiro atoms. The summed E-state index contributed by atoms with van der Waals surface area (Å²) in [4.78, 5) is 8.07. The molecule has 0 atom stereocenters. The van der Waals surface area contributed by atoms with Gasteiger partial charge in [0.15, 0.2) is 9.84 Å². The molecule has 112 valence electrons. The summed E-state index contributed by atoms with van der Waals surface area (Å²) in [7, 11) is -3.01. The van der Waals surface area contributed by atoms with Gasteiger partial charge in [0.2, 0.25) is 0 Å². The van der Waals surface area contributed by atoms with Crippen LogP contribution in [0, 0.1) is 0 Å². The Morgan fingerprint density at radius 3 is 2.95 bits per heavy atom. The lowest BCUT2D eigenvalue weighted by Crippen LogP contribution is -2.28. The van der Waals surface area contributed by atoms with Crippen LogP contribution in [-0.2, 0) is 22.1 Å². The maximum absolute atomic E-state index is 11.3. The number of nitrogens with zero attached hydrogens (tertiary/aromatic N) is 2. The minimum absolute atomic E-state index is 0.0319. The first kappa shape index (κ1) is 14.9. The number of para-hydroxylation sites is 1. The molecular weight excluding hydrogens is 324 g/mol. The highest BCUT2D eigenvalue weighted by Gasteiger charge is 2.18. The van der Waals surface area contributed by atoms with Crippen LogP contribution < -0.4 is 4.90 Å². The fourth-order valence-corrected chi connectivity index (χ4v) is 5.35. The third-order valence-corrected chi connectivity index (χ3v) is 6.08. The van der Waals surface area contributed by atoms with Crippen LogP contribution in [-0.4, -0.2) is 32.0 Å². The minimum atomic E-state index is -3.01. The van der Waals surface area contributed by atoms with Crippen molar-refractivity contribution in [1.82, 2.24) is 4.98 Å². The molecule has 0 saturated heterocycles. The number of rotatable bonds is 4. The number of thiazole rings is 1. The average Bonchev–Trinajstić information content (AvgIpc) is 2.84. The second-order valence-electron chi connectivity index (χ2n) is 5.04. The molecular formula is C14H16N2O2S3. The van der Waals surface area contributed by atoms with E-state index in [1.54, 1.807) is 0 Å². The zero-order chi connectivity index (χ0) is 14.9. The van der Waals surface area contributed by atoms with Crippen molar-refractivity contribution >= 4 is 38.6 Å². The van der Waals surface area contributed by atoms with Crippen molar-refractivity contribution in [1.29, 1.82) is 0 Å². The molecule has 1 aliphatic heterocycles. The van der Waals surface area contributed by atoms with Crippen LogP contribution in [0.3, 0.4) is 0 Å². The number of anilines is 1. The van der Waals surface area contributed by atoms with Crippen molar-refractivity contribution in [3.05, 3.63) is 40.3 Å². The van der Waals surface area contributed by atoms with Crippen molar-refractivity contribution in [3.63, 3.8) is 0 Å². The van der Waals surface area contributed by atoms with E-state index in [0.29, 0.717) is 5.01 Å². The van der Waals surface area contributed by atoms with Gasteiger partial charge in [-0.05, 0) is 12.1 Å². The predicted octanol–water partition coefficient (Wildman–Crippen LogP) is 2.80. The summed E-state index contributed by atoms with van der Waals surface area (Å²) < 4.78 is 22.6. The summed E-state index contributed by atoms with van der Waals surface area (Å²) in [5.41, 5.74) is 2.19. The van der Waals surface area contributed by atoms with Crippen LogP contribution in [0.25, 0.3) is 0 Å². The topological polar surface area (TPSA) is 50.3 Å². The van der Waals surface area contributed by atoms with Crippen molar-refractivity contribution in [3.8, 4) is 0 Å². The Morgan fingerprint density at radius 2 is 2.14 bits per heavy atom. The van der Waals surface area contributed by atoms with E-state index < -0.39 is 9.84 Å². The van der Waals surface area contributed by atoms with Gasteiger partial charge in [-0.2, -0.15) is 0 Å². The summed E-state index contributed by atoms with van der Waals surface area (Å²) >= 11 is 3.30. The van der Waals surface area contributed by atoms with E-state index in [1.165, 1.54) is 28.2 Å². The SMILES string of the molecule is CS(=O)(=O)Cc1nc(CN2CCSc3ccccc32)cs1. The maximum Gasteiger partial charge on any atom is 0.153 e. The van der Waals surface area contributed by atoms with Crippen molar-refractivity contribution in [2.75, 3.05) is 23.5 Å². The predicted molar refractivity (Wildman–Crippen MR) is 88.9 cm³/mol. The van der Waals surface area contributed by atoms with E-state index in [1.807, 2.05) is 23.2 Å². The van der Waals surface area contributed by atoms with Crippen LogP contribution >= 0.6 is 23.1 Å². The Hall–Kier alpha value is -1.05. The highest BCUT2D eigenvalue weighted by atomic mass is 32.2. The first-order chi connectivity index (χ1) is 10.0. The van der Waals surface area contributed by atoms with Gasteiger partial charge in [-0.15, -0.1) is 23.1 Å². The van der Waals surface area contributed by atoms with Crippen molar-refractivity contribution < 1.29 is 8.42 Å². The number of hydrogen-bond donors (Lipinski definition) is 0. The third kappa shape index (κ3) is 3.78. The zero-order valence-corrected chi connectivity index (χ0v) is 14.1. The maximum atomic E-state index is 11.3. The van der Waals surface area contributed by atoms with Gasteiger partial charge in [0.05, 0.1) is 17.9 Å². The summed E-state index contributed by atoms with van der Waals surface area (Å²) in [6.07, 6.45) is 1.24. The Kier molecular flexibility index (Phi) is 4.24. The molecule has 7 heteroatoms. The van der Waals surface area contributed by atoms with Gasteiger partial charge in [-0.25, -0.2) is 13.4 Å². The number of benzene rings is 1. The van der Waals surface area contributed by atoms with Gasteiger partial charge in [0.25, 0.3) is 0 Å². The zero-order valence-electron chi connectivity index (χ0n) is 11.7. The normalized spacial score (nSPS) is 15.0. The summed E-state index contributed by atoms with van der Waals surface area (Å²) in [5.74, 6) is 1.10. The molecule has 21 heavy (non-hydrogen) atoms. The molecule has 0 amide bonds. The number of thioether (sulfide) groups is 1. The van der Waals surface area contributed by atoms with Crippen LogP contribution in [0.1, 0.15) is 10.7 Å². The van der Waals surface area contributed by atoms with Gasteiger partial charge in [-0.1, -0.05) is 12.1 Å². The van der Waals surface area contributed by atoms with Gasteiger partial charge in [0.1, 0.15) is 10.8 Å². The lowest BCUT2D eigenvalue weighted by atomic mass is 10.2. The second-order valence-corrected chi connectivity index (χ2v) is 9.26. The van der Waals surface area contributed by atoms with Crippen LogP contribution in [0.15, 0.2) is 34.5 Å². The first-order valence-corrected chi connectivity index (χ1v) is 10.5. The van der Waals surface area contributed by atoms with Crippen molar-refractivity contribution in [2.45, 2.75) is 17.2 Å². The second kappa shape index (κ2) is 5.98. The lowest BCUT2D eigenvalue weighted by molar-refractivity contribution is 0.601.